The van der Waals surface area contributed by atoms with Gasteiger partial charge in [-0.05, 0) is 67.6 Å². The lowest BCUT2D eigenvalue weighted by atomic mass is 10.0. The normalized spacial score (nSPS) is 14.3. The molecule has 0 aliphatic carbocycles. The second-order valence-electron chi connectivity index (χ2n) is 7.26. The van der Waals surface area contributed by atoms with Gasteiger partial charge in [-0.3, -0.25) is 9.03 Å². The van der Waals surface area contributed by atoms with Gasteiger partial charge in [-0.1, -0.05) is 19.9 Å². The highest BCUT2D eigenvalue weighted by Gasteiger charge is 2.27. The van der Waals surface area contributed by atoms with Crippen LogP contribution in [0.3, 0.4) is 0 Å². The molecule has 1 N–H and O–H groups in total. The molecule has 0 saturated carbocycles. The number of aryl methyl sites for hydroxylation is 1. The molecule has 0 spiro atoms. The van der Waals surface area contributed by atoms with Gasteiger partial charge in [0.05, 0.1) is 28.6 Å². The molecule has 9 heteroatoms. The molecule has 0 radical (unpaired) electrons. The van der Waals surface area contributed by atoms with Gasteiger partial charge < -0.3 is 4.74 Å². The zero-order valence-corrected chi connectivity index (χ0v) is 18.9. The first-order valence-electron chi connectivity index (χ1n) is 10.2. The van der Waals surface area contributed by atoms with Gasteiger partial charge in [0.1, 0.15) is 5.75 Å². The molecule has 0 saturated heterocycles. The fourth-order valence-electron chi connectivity index (χ4n) is 3.41. The number of benzene rings is 2. The molecule has 1 aliphatic rings. The zero-order chi connectivity index (χ0) is 21.8. The van der Waals surface area contributed by atoms with Crippen LogP contribution in [0.5, 0.6) is 5.75 Å². The molecular formula is C21H28N2O5S2. The summed E-state index contributed by atoms with van der Waals surface area (Å²) in [6, 6.07) is 11.3. The molecule has 0 amide bonds. The second-order valence-corrected chi connectivity index (χ2v) is 11.0. The second kappa shape index (κ2) is 9.26. The molecule has 0 bridgehead atoms. The van der Waals surface area contributed by atoms with E-state index < -0.39 is 20.0 Å². The van der Waals surface area contributed by atoms with Gasteiger partial charge in [-0.15, -0.1) is 0 Å². The van der Waals surface area contributed by atoms with Gasteiger partial charge in [-0.25, -0.2) is 16.8 Å². The Morgan fingerprint density at radius 1 is 1.00 bits per heavy atom. The minimum absolute atomic E-state index is 0.0643. The first-order chi connectivity index (χ1) is 14.3. The zero-order valence-electron chi connectivity index (χ0n) is 17.3. The van der Waals surface area contributed by atoms with E-state index in [-0.39, 0.29) is 10.6 Å². The Labute approximate surface area is 179 Å². The van der Waals surface area contributed by atoms with Crippen LogP contribution in [0.1, 0.15) is 38.7 Å². The summed E-state index contributed by atoms with van der Waals surface area (Å²) in [7, 11) is -7.24. The molecule has 2 aromatic rings. The van der Waals surface area contributed by atoms with Crippen molar-refractivity contribution < 1.29 is 21.6 Å². The Morgan fingerprint density at radius 3 is 2.40 bits per heavy atom. The third-order valence-corrected chi connectivity index (χ3v) is 8.19. The van der Waals surface area contributed by atoms with E-state index in [4.69, 9.17) is 4.74 Å². The number of hydrogen-bond donors (Lipinski definition) is 1. The van der Waals surface area contributed by atoms with Crippen molar-refractivity contribution >= 4 is 31.4 Å². The summed E-state index contributed by atoms with van der Waals surface area (Å²) in [6.45, 7) is 4.79. The van der Waals surface area contributed by atoms with Crippen molar-refractivity contribution in [2.24, 2.45) is 0 Å². The van der Waals surface area contributed by atoms with E-state index in [0.717, 1.165) is 24.8 Å². The van der Waals surface area contributed by atoms with Crippen molar-refractivity contribution in [2.45, 2.75) is 44.4 Å². The average molecular weight is 453 g/mol. The lowest BCUT2D eigenvalue weighted by molar-refractivity contribution is 0.317. The van der Waals surface area contributed by atoms with E-state index >= 15 is 0 Å². The molecule has 0 unspecified atom stereocenters. The van der Waals surface area contributed by atoms with Crippen LogP contribution in [-0.4, -0.2) is 35.7 Å². The quantitative estimate of drug-likeness (QED) is 0.625. The maximum Gasteiger partial charge on any atom is 0.261 e. The van der Waals surface area contributed by atoms with Gasteiger partial charge in [0, 0.05) is 6.54 Å². The van der Waals surface area contributed by atoms with E-state index in [1.807, 2.05) is 13.8 Å². The lowest BCUT2D eigenvalue weighted by Gasteiger charge is -2.31. The van der Waals surface area contributed by atoms with Crippen LogP contribution in [0, 0.1) is 0 Å². The average Bonchev–Trinajstić information content (AvgIpc) is 2.71. The summed E-state index contributed by atoms with van der Waals surface area (Å²) >= 11 is 0. The molecule has 2 aromatic carbocycles. The Kier molecular flexibility index (Phi) is 6.92. The molecule has 0 fully saturated rings. The first kappa shape index (κ1) is 22.4. The van der Waals surface area contributed by atoms with Gasteiger partial charge in [-0.2, -0.15) is 0 Å². The van der Waals surface area contributed by atoms with Crippen molar-refractivity contribution in [1.82, 2.24) is 0 Å². The Balaban J connectivity index is 1.85. The SMILES string of the molecule is CCCOc1ccc(S(=O)(=O)Nc2ccc3c(c2)N(S(=O)(=O)CCC)CCC3)cc1. The van der Waals surface area contributed by atoms with Crippen molar-refractivity contribution in [3.63, 3.8) is 0 Å². The summed E-state index contributed by atoms with van der Waals surface area (Å²) in [6.07, 6.45) is 2.90. The molecule has 3 rings (SSSR count). The first-order valence-corrected chi connectivity index (χ1v) is 13.2. The molecule has 30 heavy (non-hydrogen) atoms. The summed E-state index contributed by atoms with van der Waals surface area (Å²) in [5.41, 5.74) is 1.79. The molecular weight excluding hydrogens is 424 g/mol. The van der Waals surface area contributed by atoms with E-state index in [1.54, 1.807) is 30.3 Å². The monoisotopic (exact) mass is 452 g/mol. The number of anilines is 2. The summed E-state index contributed by atoms with van der Waals surface area (Å²) in [5.74, 6) is 0.677. The largest absolute Gasteiger partial charge is 0.494 e. The summed E-state index contributed by atoms with van der Waals surface area (Å²) in [4.78, 5) is 0.111. The molecule has 7 nitrogen and oxygen atoms in total. The minimum atomic E-state index is -3.81. The third kappa shape index (κ3) is 5.07. The van der Waals surface area contributed by atoms with Crippen LogP contribution >= 0.6 is 0 Å². The van der Waals surface area contributed by atoms with Crippen molar-refractivity contribution in [3.8, 4) is 5.75 Å². The Morgan fingerprint density at radius 2 is 1.73 bits per heavy atom. The minimum Gasteiger partial charge on any atom is -0.494 e. The van der Waals surface area contributed by atoms with Gasteiger partial charge in [0.2, 0.25) is 10.0 Å². The predicted octanol–water partition coefficient (Wildman–Crippen LogP) is 3.77. The lowest BCUT2D eigenvalue weighted by Crippen LogP contribution is -2.37. The Bertz CT molecular complexity index is 1080. The number of nitrogens with one attached hydrogen (secondary N) is 1. The standard InChI is InChI=1S/C21H28N2O5S2/c1-3-14-28-19-9-11-20(12-10-19)30(26,27)22-18-8-7-17-6-5-13-23(21(17)16-18)29(24,25)15-4-2/h7-12,16,22H,3-6,13-15H2,1-2H3. The highest BCUT2D eigenvalue weighted by molar-refractivity contribution is 7.93. The topological polar surface area (TPSA) is 92.8 Å². The van der Waals surface area contributed by atoms with E-state index in [1.165, 1.54) is 16.4 Å². The van der Waals surface area contributed by atoms with Crippen LogP contribution in [0.4, 0.5) is 11.4 Å². The highest BCUT2D eigenvalue weighted by Crippen LogP contribution is 2.33. The fourth-order valence-corrected chi connectivity index (χ4v) is 6.07. The summed E-state index contributed by atoms with van der Waals surface area (Å²) < 4.78 is 60.3. The molecule has 0 aromatic heterocycles. The van der Waals surface area contributed by atoms with Crippen molar-refractivity contribution in [2.75, 3.05) is 27.9 Å². The van der Waals surface area contributed by atoms with Crippen LogP contribution in [0.2, 0.25) is 0 Å². The fraction of sp³-hybridized carbons (Fsp3) is 0.429. The molecule has 1 heterocycles. The van der Waals surface area contributed by atoms with Crippen molar-refractivity contribution in [3.05, 3.63) is 48.0 Å². The van der Waals surface area contributed by atoms with Crippen LogP contribution < -0.4 is 13.8 Å². The maximum absolute atomic E-state index is 12.8. The molecule has 164 valence electrons. The highest BCUT2D eigenvalue weighted by atomic mass is 32.2. The third-order valence-electron chi connectivity index (χ3n) is 4.82. The molecule has 1 aliphatic heterocycles. The van der Waals surface area contributed by atoms with Gasteiger partial charge >= 0.3 is 0 Å². The van der Waals surface area contributed by atoms with Gasteiger partial charge in [0.25, 0.3) is 10.0 Å². The van der Waals surface area contributed by atoms with Crippen molar-refractivity contribution in [1.29, 1.82) is 0 Å². The smallest absolute Gasteiger partial charge is 0.261 e. The molecule has 0 atom stereocenters. The van der Waals surface area contributed by atoms with Gasteiger partial charge in [0.15, 0.2) is 0 Å². The number of fused-ring (bicyclic) bond motifs is 1. The van der Waals surface area contributed by atoms with Crippen LogP contribution in [0.25, 0.3) is 0 Å². The Hall–Kier alpha value is -2.26. The number of ether oxygens (including phenoxy) is 1. The van der Waals surface area contributed by atoms with E-state index in [9.17, 15) is 16.8 Å². The van der Waals surface area contributed by atoms with E-state index in [0.29, 0.717) is 36.7 Å². The van der Waals surface area contributed by atoms with E-state index in [2.05, 4.69) is 4.72 Å². The number of hydrogen-bond acceptors (Lipinski definition) is 5. The number of sulfonamides is 2. The van der Waals surface area contributed by atoms with Crippen LogP contribution in [0.15, 0.2) is 47.4 Å². The summed E-state index contributed by atoms with van der Waals surface area (Å²) in [5, 5.41) is 0. The predicted molar refractivity (Wildman–Crippen MR) is 119 cm³/mol. The number of rotatable bonds is 9. The maximum atomic E-state index is 12.8. The number of nitrogens with zero attached hydrogens (tertiary/aromatic N) is 1. The van der Waals surface area contributed by atoms with Crippen LogP contribution in [-0.2, 0) is 26.5 Å².